The molecule has 0 saturated heterocycles. The van der Waals surface area contributed by atoms with Crippen LogP contribution in [-0.2, 0) is 6.54 Å². The minimum Gasteiger partial charge on any atom is -0.250 e. The highest BCUT2D eigenvalue weighted by Gasteiger charge is 2.01. The Balaban J connectivity index is 2.28. The molecule has 0 aliphatic rings. The van der Waals surface area contributed by atoms with E-state index in [9.17, 15) is 0 Å². The van der Waals surface area contributed by atoms with Crippen LogP contribution in [0.25, 0.3) is 0 Å². The first-order chi connectivity index (χ1) is 6.77. The maximum atomic E-state index is 5.94. The van der Waals surface area contributed by atoms with E-state index in [1.54, 1.807) is 16.9 Å². The van der Waals surface area contributed by atoms with E-state index >= 15 is 0 Å². The summed E-state index contributed by atoms with van der Waals surface area (Å²) in [4.78, 5) is 0. The lowest BCUT2D eigenvalue weighted by atomic mass is 10.1. The molecule has 0 bridgehead atoms. The summed E-state index contributed by atoms with van der Waals surface area (Å²) in [6, 6.07) is 10.0. The van der Waals surface area contributed by atoms with E-state index in [0.29, 0.717) is 5.15 Å². The molecule has 0 amide bonds. The van der Waals surface area contributed by atoms with Crippen LogP contribution in [0.5, 0.6) is 0 Å². The Morgan fingerprint density at radius 2 is 2.07 bits per heavy atom. The topological polar surface area (TPSA) is 17.8 Å². The van der Waals surface area contributed by atoms with Gasteiger partial charge < -0.3 is 0 Å². The minimum absolute atomic E-state index is 0.674. The summed E-state index contributed by atoms with van der Waals surface area (Å²) in [5.74, 6) is 0. The van der Waals surface area contributed by atoms with Gasteiger partial charge in [0.25, 0.3) is 0 Å². The van der Waals surface area contributed by atoms with Crippen LogP contribution in [0.3, 0.4) is 0 Å². The number of aryl methyl sites for hydroxylation is 1. The summed E-state index contributed by atoms with van der Waals surface area (Å²) in [5.41, 5.74) is 2.51. The molecule has 1 aromatic carbocycles. The number of nitrogens with zero attached hydrogens (tertiary/aromatic N) is 2. The van der Waals surface area contributed by atoms with Gasteiger partial charge in [0.1, 0.15) is 5.15 Å². The first-order valence-corrected chi connectivity index (χ1v) is 4.87. The molecule has 0 aliphatic carbocycles. The molecule has 3 heteroatoms. The van der Waals surface area contributed by atoms with E-state index in [0.717, 1.165) is 6.54 Å². The Morgan fingerprint density at radius 3 is 2.71 bits per heavy atom. The van der Waals surface area contributed by atoms with E-state index in [-0.39, 0.29) is 0 Å². The zero-order valence-corrected chi connectivity index (χ0v) is 8.70. The first kappa shape index (κ1) is 9.28. The second-order valence-corrected chi connectivity index (χ2v) is 3.63. The average Bonchev–Trinajstić information content (AvgIpc) is 2.56. The molecule has 0 N–H and O–H groups in total. The van der Waals surface area contributed by atoms with E-state index in [1.165, 1.54) is 11.1 Å². The van der Waals surface area contributed by atoms with Crippen molar-refractivity contribution in [3.63, 3.8) is 0 Å². The van der Waals surface area contributed by atoms with Gasteiger partial charge in [-0.25, -0.2) is 4.68 Å². The van der Waals surface area contributed by atoms with Crippen molar-refractivity contribution < 1.29 is 0 Å². The van der Waals surface area contributed by atoms with Crippen LogP contribution in [0.2, 0.25) is 5.15 Å². The van der Waals surface area contributed by atoms with Gasteiger partial charge in [0.15, 0.2) is 0 Å². The largest absolute Gasteiger partial charge is 0.250 e. The molecule has 0 radical (unpaired) electrons. The predicted octanol–water partition coefficient (Wildman–Crippen LogP) is 2.89. The molecule has 0 saturated carbocycles. The van der Waals surface area contributed by atoms with Crippen molar-refractivity contribution in [2.24, 2.45) is 0 Å². The molecule has 72 valence electrons. The number of aromatic nitrogens is 2. The summed E-state index contributed by atoms with van der Waals surface area (Å²) in [6.45, 7) is 2.82. The van der Waals surface area contributed by atoms with E-state index < -0.39 is 0 Å². The molecule has 2 aromatic rings. The quantitative estimate of drug-likeness (QED) is 0.739. The van der Waals surface area contributed by atoms with Crippen LogP contribution in [0, 0.1) is 6.92 Å². The molecular weight excluding hydrogens is 196 g/mol. The van der Waals surface area contributed by atoms with Crippen molar-refractivity contribution >= 4 is 11.6 Å². The highest BCUT2D eigenvalue weighted by atomic mass is 35.5. The third-order valence-corrected chi connectivity index (χ3v) is 2.57. The van der Waals surface area contributed by atoms with Gasteiger partial charge in [-0.2, -0.15) is 5.10 Å². The number of hydrogen-bond acceptors (Lipinski definition) is 1. The summed E-state index contributed by atoms with van der Waals surface area (Å²) in [6.07, 6.45) is 1.71. The van der Waals surface area contributed by atoms with Gasteiger partial charge in [-0.05, 0) is 24.1 Å². The molecule has 14 heavy (non-hydrogen) atoms. The third-order valence-electron chi connectivity index (χ3n) is 2.25. The Bertz CT molecular complexity index is 434. The Morgan fingerprint density at radius 1 is 1.29 bits per heavy atom. The standard InChI is InChI=1S/C11H11ClN2/c1-9-4-2-3-5-10(9)8-14-11(12)6-7-13-14/h2-7H,8H2,1H3. The normalized spacial score (nSPS) is 10.4. The third kappa shape index (κ3) is 1.80. The van der Waals surface area contributed by atoms with Crippen molar-refractivity contribution in [3.05, 3.63) is 52.8 Å². The first-order valence-electron chi connectivity index (χ1n) is 4.49. The van der Waals surface area contributed by atoms with Crippen LogP contribution in [0.1, 0.15) is 11.1 Å². The van der Waals surface area contributed by atoms with Gasteiger partial charge in [0, 0.05) is 0 Å². The summed E-state index contributed by atoms with van der Waals surface area (Å²) >= 11 is 5.94. The highest BCUT2D eigenvalue weighted by molar-refractivity contribution is 6.29. The van der Waals surface area contributed by atoms with E-state index in [4.69, 9.17) is 11.6 Å². The van der Waals surface area contributed by atoms with E-state index in [2.05, 4.69) is 24.2 Å². The fourth-order valence-corrected chi connectivity index (χ4v) is 1.54. The summed E-state index contributed by atoms with van der Waals surface area (Å²) in [7, 11) is 0. The molecular formula is C11H11ClN2. The molecule has 0 aliphatic heterocycles. The molecule has 0 atom stereocenters. The van der Waals surface area contributed by atoms with Crippen molar-refractivity contribution in [2.45, 2.75) is 13.5 Å². The Labute approximate surface area is 88.1 Å². The van der Waals surface area contributed by atoms with Crippen molar-refractivity contribution in [1.82, 2.24) is 9.78 Å². The van der Waals surface area contributed by atoms with Crippen LogP contribution >= 0.6 is 11.6 Å². The summed E-state index contributed by atoms with van der Waals surface area (Å²) < 4.78 is 1.78. The molecule has 2 rings (SSSR count). The molecule has 2 nitrogen and oxygen atoms in total. The fourth-order valence-electron chi connectivity index (χ4n) is 1.38. The zero-order valence-electron chi connectivity index (χ0n) is 7.94. The molecule has 0 spiro atoms. The molecule has 1 heterocycles. The van der Waals surface area contributed by atoms with Gasteiger partial charge in [-0.3, -0.25) is 0 Å². The molecule has 1 aromatic heterocycles. The monoisotopic (exact) mass is 206 g/mol. The van der Waals surface area contributed by atoms with Crippen LogP contribution < -0.4 is 0 Å². The van der Waals surface area contributed by atoms with Crippen LogP contribution in [0.4, 0.5) is 0 Å². The lowest BCUT2D eigenvalue weighted by molar-refractivity contribution is 0.685. The van der Waals surface area contributed by atoms with Gasteiger partial charge in [0.05, 0.1) is 12.7 Å². The Hall–Kier alpha value is -1.28. The van der Waals surface area contributed by atoms with Gasteiger partial charge in [-0.15, -0.1) is 0 Å². The lowest BCUT2D eigenvalue weighted by Gasteiger charge is -2.06. The molecule has 0 fully saturated rings. The average molecular weight is 207 g/mol. The second-order valence-electron chi connectivity index (χ2n) is 3.24. The van der Waals surface area contributed by atoms with E-state index in [1.807, 2.05) is 12.1 Å². The Kier molecular flexibility index (Phi) is 2.55. The number of hydrogen-bond donors (Lipinski definition) is 0. The predicted molar refractivity (Wildman–Crippen MR) is 57.5 cm³/mol. The second kappa shape index (κ2) is 3.84. The highest BCUT2D eigenvalue weighted by Crippen LogP contribution is 2.12. The van der Waals surface area contributed by atoms with Crippen LogP contribution in [0.15, 0.2) is 36.5 Å². The number of halogens is 1. The lowest BCUT2D eigenvalue weighted by Crippen LogP contribution is -2.02. The number of benzene rings is 1. The SMILES string of the molecule is Cc1ccccc1Cn1nccc1Cl. The summed E-state index contributed by atoms with van der Waals surface area (Å²) in [5, 5.41) is 4.81. The fraction of sp³-hybridized carbons (Fsp3) is 0.182. The van der Waals surface area contributed by atoms with Crippen molar-refractivity contribution in [3.8, 4) is 0 Å². The van der Waals surface area contributed by atoms with Gasteiger partial charge >= 0.3 is 0 Å². The van der Waals surface area contributed by atoms with Gasteiger partial charge in [-0.1, -0.05) is 35.9 Å². The van der Waals surface area contributed by atoms with Gasteiger partial charge in [0.2, 0.25) is 0 Å². The maximum Gasteiger partial charge on any atom is 0.127 e. The van der Waals surface area contributed by atoms with Crippen LogP contribution in [-0.4, -0.2) is 9.78 Å². The minimum atomic E-state index is 0.674. The molecule has 0 unspecified atom stereocenters. The zero-order chi connectivity index (χ0) is 9.97. The van der Waals surface area contributed by atoms with Crippen molar-refractivity contribution in [2.75, 3.05) is 0 Å². The maximum absolute atomic E-state index is 5.94. The smallest absolute Gasteiger partial charge is 0.127 e. The number of rotatable bonds is 2. The van der Waals surface area contributed by atoms with Crippen molar-refractivity contribution in [1.29, 1.82) is 0 Å².